The number of piperidine rings is 4. The molecule has 0 aliphatic carbocycles. The van der Waals surface area contributed by atoms with Crippen LogP contribution in [-0.4, -0.2) is 207 Å². The minimum Gasteiger partial charge on any atom is -0.379 e. The molecule has 3 aromatic heterocycles. The number of aryl methyl sites for hydroxylation is 3. The van der Waals surface area contributed by atoms with Gasteiger partial charge in [-0.25, -0.2) is 15.0 Å². The van der Waals surface area contributed by atoms with Crippen molar-refractivity contribution in [3.8, 4) is 0 Å². The topological polar surface area (TPSA) is 362 Å². The molecular formula is C91H113N17O9. The third kappa shape index (κ3) is 21.6. The minimum atomic E-state index is -0.567. The Hall–Kier alpha value is -11.1. The monoisotopic (exact) mass is 1590 g/mol. The molecule has 26 heteroatoms. The van der Waals surface area contributed by atoms with Crippen LogP contribution in [0.2, 0.25) is 0 Å². The lowest BCUT2D eigenvalue weighted by molar-refractivity contribution is -0.138. The third-order valence-electron chi connectivity index (χ3n) is 24.2. The van der Waals surface area contributed by atoms with Gasteiger partial charge in [-0.05, 0) is 208 Å². The Morgan fingerprint density at radius 3 is 1.23 bits per heavy atom. The van der Waals surface area contributed by atoms with Crippen LogP contribution < -0.4 is 49.8 Å². The summed E-state index contributed by atoms with van der Waals surface area (Å²) in [4.78, 5) is 132. The summed E-state index contributed by atoms with van der Waals surface area (Å²) >= 11 is 0. The first kappa shape index (κ1) is 85.2. The van der Waals surface area contributed by atoms with Crippen molar-refractivity contribution in [1.29, 1.82) is 0 Å². The van der Waals surface area contributed by atoms with Crippen LogP contribution in [0, 0.1) is 0 Å². The molecule has 6 aliphatic heterocycles. The summed E-state index contributed by atoms with van der Waals surface area (Å²) in [5.41, 5.74) is 22.2. The van der Waals surface area contributed by atoms with Crippen LogP contribution in [0.25, 0.3) is 32.7 Å². The number of carbonyl (C=O) groups excluding carboxylic acids is 5. The van der Waals surface area contributed by atoms with Crippen LogP contribution in [0.1, 0.15) is 140 Å². The Morgan fingerprint density at radius 2 is 0.803 bits per heavy atom. The van der Waals surface area contributed by atoms with E-state index in [1.165, 1.54) is 0 Å². The van der Waals surface area contributed by atoms with E-state index in [0.717, 1.165) is 245 Å². The molecule has 0 radical (unpaired) electrons. The maximum Gasteiger partial charge on any atom is 0.258 e. The van der Waals surface area contributed by atoms with Crippen molar-refractivity contribution in [2.45, 2.75) is 139 Å². The molecule has 5 amide bonds. The predicted molar refractivity (Wildman–Crippen MR) is 459 cm³/mol. The lowest BCUT2D eigenvalue weighted by Gasteiger charge is -2.48. The van der Waals surface area contributed by atoms with E-state index < -0.39 is 16.4 Å². The van der Waals surface area contributed by atoms with E-state index in [4.69, 9.17) is 21.9 Å². The molecule has 26 nitrogen and oxygen atoms in total. The number of para-hydroxylation sites is 4. The summed E-state index contributed by atoms with van der Waals surface area (Å²) in [7, 11) is 0. The van der Waals surface area contributed by atoms with E-state index in [1.807, 2.05) is 170 Å². The largest absolute Gasteiger partial charge is 0.379 e. The van der Waals surface area contributed by atoms with Crippen molar-refractivity contribution in [3.63, 3.8) is 0 Å². The Bertz CT molecular complexity index is 5140. The highest BCUT2D eigenvalue weighted by atomic mass is 16.5. The second-order valence-corrected chi connectivity index (χ2v) is 31.4. The van der Waals surface area contributed by atoms with Gasteiger partial charge in [-0.3, -0.25) is 43.3 Å². The van der Waals surface area contributed by atoms with Crippen molar-refractivity contribution in [2.75, 3.05) is 110 Å². The summed E-state index contributed by atoms with van der Waals surface area (Å²) in [5.74, 6) is 1.52. The van der Waals surface area contributed by atoms with Crippen molar-refractivity contribution in [2.24, 2.45) is 17.2 Å². The van der Waals surface area contributed by atoms with Crippen molar-refractivity contribution < 1.29 is 28.7 Å². The van der Waals surface area contributed by atoms with E-state index in [-0.39, 0.29) is 65.8 Å². The molecule has 0 bridgehead atoms. The highest BCUT2D eigenvalue weighted by Gasteiger charge is 2.46. The molecule has 0 spiro atoms. The molecule has 16 rings (SSSR count). The zero-order chi connectivity index (χ0) is 80.9. The molecule has 616 valence electrons. The van der Waals surface area contributed by atoms with Gasteiger partial charge in [-0.1, -0.05) is 135 Å². The van der Waals surface area contributed by atoms with E-state index in [1.54, 1.807) is 18.2 Å². The van der Waals surface area contributed by atoms with Crippen LogP contribution in [0.4, 0.5) is 5.69 Å². The van der Waals surface area contributed by atoms with Crippen LogP contribution in [0.3, 0.4) is 0 Å². The lowest BCUT2D eigenvalue weighted by Crippen LogP contribution is -2.64. The SMILES string of the molecule is C.NC(=O)C1(N2CCOCC2)CCN(CCCc2nc3ccccc3c(=O)[nH]2)CC1.NC(=O)C1(c2ccccc2)CCN(CCCC2NC(=O)c3ccccc3N2)CC1.NC(=O)C1(c2ccccc2)CCN(CCCc2nc3ccccc3c(=O)[nH]2)CC1.O=C(NC1CCN(CCCc2nc3ccccc3c(=O)[nH]2)CC1)c1ccccc1. The standard InChI is InChI=1S/C23H26N4O2.C23H28N4O2.C23H26N4O2.C21H29N5O3.CH4/c28-22(17-7-2-1-3-8-17)24-18-12-15-27(16-13-18)14-6-11-21-25-20-10-5-4-9-19(20)23(29)26-21;2*24-22(29)23(17-7-2-1-3-8-17)12-15-27(16-13-23)14-6-11-20-25-19-10-5-4-9-18(19)21(28)26-20;22-20(28)21(26-12-14-29-15-13-26)7-10-25(11-8-21)9-3-6-18-23-17-5-2-1-4-16(17)19(27)24-18;/h1-5,7-10,18H,6,11-16H2,(H,24,28)(H,25,26,29);1-5,7-10,20,25H,6,11-16H2,(H2,24,29)(H,26,28);1-5,7-10H,6,11-16H2,(H2,24,29)(H,25,26,28);1-2,4-5H,3,6-15H2,(H2,22,28)(H,23,24,27);1H4. The van der Waals surface area contributed by atoms with Gasteiger partial charge in [0.2, 0.25) is 17.7 Å². The Kier molecular flexibility index (Phi) is 29.6. The number of rotatable bonds is 24. The highest BCUT2D eigenvalue weighted by Crippen LogP contribution is 2.38. The molecule has 5 saturated heterocycles. The zero-order valence-electron chi connectivity index (χ0n) is 66.2. The number of aromatic amines is 3. The van der Waals surface area contributed by atoms with Gasteiger partial charge in [0.15, 0.2) is 0 Å². The summed E-state index contributed by atoms with van der Waals surface area (Å²) in [6, 6.07) is 59.2. The number of aromatic nitrogens is 6. The number of ether oxygens (including phenoxy) is 1. The van der Waals surface area contributed by atoms with Gasteiger partial charge in [0.25, 0.3) is 28.5 Å². The third-order valence-corrected chi connectivity index (χ3v) is 24.2. The molecule has 9 heterocycles. The molecule has 1 unspecified atom stereocenters. The number of primary amides is 3. The van der Waals surface area contributed by atoms with E-state index in [9.17, 15) is 38.4 Å². The fraction of sp³-hybridized carbons (Fsp3) is 0.418. The summed E-state index contributed by atoms with van der Waals surface area (Å²) < 4.78 is 5.43. The summed E-state index contributed by atoms with van der Waals surface area (Å²) in [6.45, 7) is 13.6. The Labute approximate surface area is 683 Å². The number of anilines is 1. The van der Waals surface area contributed by atoms with Crippen LogP contribution in [-0.2, 0) is 49.2 Å². The number of carbonyl (C=O) groups is 5. The highest BCUT2D eigenvalue weighted by molar-refractivity contribution is 6.01. The average Bonchev–Trinajstić information content (AvgIpc) is 0.792. The molecule has 10 aromatic rings. The number of amides is 5. The molecule has 12 N–H and O–H groups in total. The van der Waals surface area contributed by atoms with Crippen LogP contribution in [0.15, 0.2) is 202 Å². The molecule has 1 atom stereocenters. The molecule has 117 heavy (non-hydrogen) atoms. The number of fused-ring (bicyclic) bond motifs is 4. The zero-order valence-corrected chi connectivity index (χ0v) is 66.2. The fourth-order valence-corrected chi connectivity index (χ4v) is 17.3. The normalized spacial score (nSPS) is 18.3. The van der Waals surface area contributed by atoms with Gasteiger partial charge in [-0.15, -0.1) is 0 Å². The fourth-order valence-electron chi connectivity index (χ4n) is 17.3. The first-order chi connectivity index (χ1) is 56.4. The number of nitrogens with one attached hydrogen (secondary N) is 6. The number of H-pyrrole nitrogens is 3. The number of benzene rings is 7. The minimum absolute atomic E-state index is 0. The molecular weight excluding hydrogens is 1480 g/mol. The lowest BCUT2D eigenvalue weighted by atomic mass is 9.72. The van der Waals surface area contributed by atoms with Crippen LogP contribution >= 0.6 is 0 Å². The number of morpholine rings is 1. The van der Waals surface area contributed by atoms with Crippen molar-refractivity contribution >= 4 is 67.9 Å². The van der Waals surface area contributed by atoms with Crippen molar-refractivity contribution in [1.82, 2.24) is 65.0 Å². The quantitative estimate of drug-likeness (QED) is 0.0273. The molecule has 5 fully saturated rings. The van der Waals surface area contributed by atoms with Gasteiger partial charge in [0.05, 0.1) is 68.5 Å². The summed E-state index contributed by atoms with van der Waals surface area (Å²) in [6.07, 6.45) is 13.1. The van der Waals surface area contributed by atoms with E-state index in [2.05, 4.69) is 70.4 Å². The average molecular weight is 1590 g/mol. The van der Waals surface area contributed by atoms with Crippen LogP contribution in [0.5, 0.6) is 0 Å². The molecule has 0 saturated carbocycles. The maximum atomic E-state index is 12.3. The smallest absolute Gasteiger partial charge is 0.258 e. The number of likely N-dealkylation sites (tertiary alicyclic amines) is 4. The van der Waals surface area contributed by atoms with Gasteiger partial charge >= 0.3 is 0 Å². The van der Waals surface area contributed by atoms with Gasteiger partial charge in [0, 0.05) is 75.8 Å². The molecule has 7 aromatic carbocycles. The second-order valence-electron chi connectivity index (χ2n) is 31.4. The second kappa shape index (κ2) is 40.6. The van der Waals surface area contributed by atoms with Gasteiger partial charge < -0.3 is 72.4 Å². The maximum absolute atomic E-state index is 12.3. The number of hydrogen-bond acceptors (Lipinski definition) is 18. The number of nitrogens with two attached hydrogens (primary N) is 3. The van der Waals surface area contributed by atoms with Crippen molar-refractivity contribution in [3.05, 3.63) is 259 Å². The predicted octanol–water partition coefficient (Wildman–Crippen LogP) is 8.74. The summed E-state index contributed by atoms with van der Waals surface area (Å²) in [5, 5.41) is 11.5. The first-order valence-corrected chi connectivity index (χ1v) is 41.1. The number of hydrogen-bond donors (Lipinski definition) is 9. The Morgan fingerprint density at radius 1 is 0.427 bits per heavy atom. The van der Waals surface area contributed by atoms with E-state index in [0.29, 0.717) is 40.5 Å². The molecule has 6 aliphatic rings. The first-order valence-electron chi connectivity index (χ1n) is 41.1. The van der Waals surface area contributed by atoms with E-state index >= 15 is 0 Å². The van der Waals surface area contributed by atoms with Gasteiger partial charge in [-0.2, -0.15) is 0 Å². The number of nitrogens with zero attached hydrogens (tertiary/aromatic N) is 8. The Balaban J connectivity index is 0.000000143. The van der Waals surface area contributed by atoms with Gasteiger partial charge in [0.1, 0.15) is 23.0 Å².